The Kier molecular flexibility index (Phi) is 4.99. The summed E-state index contributed by atoms with van der Waals surface area (Å²) in [6.07, 6.45) is 0. The zero-order chi connectivity index (χ0) is 19.8. The van der Waals surface area contributed by atoms with Gasteiger partial charge in [-0.2, -0.15) is 0 Å². The van der Waals surface area contributed by atoms with Crippen molar-refractivity contribution >= 4 is 44.8 Å². The molecule has 142 valence electrons. The summed E-state index contributed by atoms with van der Waals surface area (Å²) in [5.74, 6) is -0.381. The lowest BCUT2D eigenvalue weighted by molar-refractivity contribution is -0.118. The average molecular weight is 410 g/mol. The minimum atomic E-state index is -4.05. The van der Waals surface area contributed by atoms with E-state index in [0.717, 1.165) is 0 Å². The maximum Gasteiger partial charge on any atom is 0.262 e. The highest BCUT2D eigenvalue weighted by Crippen LogP contribution is 2.31. The second-order valence-corrected chi connectivity index (χ2v) is 8.11. The van der Waals surface area contributed by atoms with E-state index in [4.69, 9.17) is 16.3 Å². The van der Waals surface area contributed by atoms with Crippen LogP contribution in [0.4, 0.5) is 11.4 Å². The first-order valence-electron chi connectivity index (χ1n) is 7.78. The molecule has 0 fully saturated rings. The van der Waals surface area contributed by atoms with Gasteiger partial charge in [0.25, 0.3) is 21.8 Å². The van der Waals surface area contributed by atoms with Crippen molar-refractivity contribution in [2.75, 3.05) is 30.7 Å². The summed E-state index contributed by atoms with van der Waals surface area (Å²) in [7, 11) is -0.935. The normalized spacial score (nSPS) is 13.2. The first-order valence-corrected chi connectivity index (χ1v) is 9.64. The second-order valence-electron chi connectivity index (χ2n) is 5.99. The molecule has 3 rings (SSSR count). The molecule has 2 N–H and O–H groups in total. The van der Waals surface area contributed by atoms with Crippen LogP contribution in [0.3, 0.4) is 0 Å². The van der Waals surface area contributed by atoms with Crippen LogP contribution in [0, 0.1) is 0 Å². The van der Waals surface area contributed by atoms with E-state index in [1.165, 1.54) is 41.3 Å². The fraction of sp³-hybridized carbons (Fsp3) is 0.176. The van der Waals surface area contributed by atoms with Crippen molar-refractivity contribution < 1.29 is 22.7 Å². The van der Waals surface area contributed by atoms with Gasteiger partial charge in [-0.25, -0.2) is 8.42 Å². The molecule has 0 saturated heterocycles. The van der Waals surface area contributed by atoms with Gasteiger partial charge in [0.2, 0.25) is 0 Å². The zero-order valence-corrected chi connectivity index (χ0v) is 16.0. The highest BCUT2D eigenvalue weighted by molar-refractivity contribution is 7.92. The molecule has 1 aliphatic heterocycles. The van der Waals surface area contributed by atoms with Crippen LogP contribution in [0.25, 0.3) is 0 Å². The standard InChI is InChI=1S/C17H16ClN3O5S/c1-21(2)17(23)12-5-3-10(18)7-13(12)20-27(24,25)11-4-6-15-14(8-11)19-16(22)9-26-15/h3-8,20H,9H2,1-2H3,(H,19,22). The zero-order valence-electron chi connectivity index (χ0n) is 14.4. The Morgan fingerprint density at radius 3 is 2.67 bits per heavy atom. The molecule has 0 bridgehead atoms. The predicted molar refractivity (Wildman–Crippen MR) is 101 cm³/mol. The molecule has 0 aliphatic carbocycles. The quantitative estimate of drug-likeness (QED) is 0.805. The summed E-state index contributed by atoms with van der Waals surface area (Å²) in [4.78, 5) is 25.0. The number of hydrogen-bond donors (Lipinski definition) is 2. The third-order valence-corrected chi connectivity index (χ3v) is 5.35. The minimum Gasteiger partial charge on any atom is -0.482 e. The number of sulfonamides is 1. The van der Waals surface area contributed by atoms with E-state index in [9.17, 15) is 18.0 Å². The number of nitrogens with one attached hydrogen (secondary N) is 2. The van der Waals surface area contributed by atoms with E-state index in [2.05, 4.69) is 10.0 Å². The van der Waals surface area contributed by atoms with Crippen molar-refractivity contribution in [2.24, 2.45) is 0 Å². The van der Waals surface area contributed by atoms with Crippen LogP contribution in [0.1, 0.15) is 10.4 Å². The molecular weight excluding hydrogens is 394 g/mol. The number of ether oxygens (including phenoxy) is 1. The molecule has 27 heavy (non-hydrogen) atoms. The van der Waals surface area contributed by atoms with Crippen molar-refractivity contribution in [3.05, 3.63) is 47.0 Å². The van der Waals surface area contributed by atoms with Gasteiger partial charge in [-0.05, 0) is 36.4 Å². The van der Waals surface area contributed by atoms with E-state index in [1.54, 1.807) is 14.1 Å². The first-order chi connectivity index (χ1) is 12.7. The van der Waals surface area contributed by atoms with Crippen molar-refractivity contribution in [3.63, 3.8) is 0 Å². The number of carbonyl (C=O) groups is 2. The van der Waals surface area contributed by atoms with E-state index in [1.807, 2.05) is 0 Å². The lowest BCUT2D eigenvalue weighted by Gasteiger charge is -2.19. The van der Waals surface area contributed by atoms with Gasteiger partial charge >= 0.3 is 0 Å². The third kappa shape index (κ3) is 3.99. The first kappa shape index (κ1) is 19.0. The van der Waals surface area contributed by atoms with E-state index in [0.29, 0.717) is 5.75 Å². The van der Waals surface area contributed by atoms with Crippen LogP contribution in [-0.2, 0) is 14.8 Å². The van der Waals surface area contributed by atoms with Gasteiger partial charge in [0.1, 0.15) is 5.75 Å². The number of rotatable bonds is 4. The number of hydrogen-bond acceptors (Lipinski definition) is 5. The van der Waals surface area contributed by atoms with Gasteiger partial charge in [0, 0.05) is 19.1 Å². The fourth-order valence-corrected chi connectivity index (χ4v) is 3.73. The predicted octanol–water partition coefficient (Wildman–Crippen LogP) is 2.17. The highest BCUT2D eigenvalue weighted by Gasteiger charge is 2.23. The van der Waals surface area contributed by atoms with Gasteiger partial charge in [-0.15, -0.1) is 0 Å². The lowest BCUT2D eigenvalue weighted by Crippen LogP contribution is -2.26. The molecule has 10 heteroatoms. The third-order valence-electron chi connectivity index (χ3n) is 3.76. The van der Waals surface area contributed by atoms with Crippen LogP contribution in [0.15, 0.2) is 41.3 Å². The Bertz CT molecular complexity index is 1040. The molecular formula is C17H16ClN3O5S. The number of halogens is 1. The van der Waals surface area contributed by atoms with Crippen LogP contribution >= 0.6 is 11.6 Å². The molecule has 0 atom stereocenters. The van der Waals surface area contributed by atoms with Crippen LogP contribution in [-0.4, -0.2) is 45.8 Å². The Balaban J connectivity index is 1.98. The molecule has 8 nitrogen and oxygen atoms in total. The average Bonchev–Trinajstić information content (AvgIpc) is 2.60. The number of nitrogens with zero attached hydrogens (tertiary/aromatic N) is 1. The van der Waals surface area contributed by atoms with Crippen LogP contribution in [0.5, 0.6) is 5.75 Å². The van der Waals surface area contributed by atoms with Crippen molar-refractivity contribution in [1.29, 1.82) is 0 Å². The van der Waals surface area contributed by atoms with Gasteiger partial charge in [-0.1, -0.05) is 11.6 Å². The molecule has 0 unspecified atom stereocenters. The Morgan fingerprint density at radius 1 is 1.22 bits per heavy atom. The number of benzene rings is 2. The number of carbonyl (C=O) groups excluding carboxylic acids is 2. The molecule has 0 spiro atoms. The lowest BCUT2D eigenvalue weighted by atomic mass is 10.1. The number of fused-ring (bicyclic) bond motifs is 1. The summed E-state index contributed by atoms with van der Waals surface area (Å²) >= 11 is 5.96. The Labute approximate surface area is 161 Å². The molecule has 2 amide bonds. The van der Waals surface area contributed by atoms with Gasteiger partial charge in [0.05, 0.1) is 21.8 Å². The van der Waals surface area contributed by atoms with Crippen LogP contribution < -0.4 is 14.8 Å². The van der Waals surface area contributed by atoms with Crippen molar-refractivity contribution in [1.82, 2.24) is 4.90 Å². The topological polar surface area (TPSA) is 105 Å². The van der Waals surface area contributed by atoms with E-state index < -0.39 is 10.0 Å². The van der Waals surface area contributed by atoms with E-state index >= 15 is 0 Å². The van der Waals surface area contributed by atoms with Gasteiger partial charge in [-0.3, -0.25) is 14.3 Å². The maximum atomic E-state index is 12.8. The Hall–Kier alpha value is -2.78. The molecule has 0 saturated carbocycles. The molecule has 0 radical (unpaired) electrons. The van der Waals surface area contributed by atoms with Crippen LogP contribution in [0.2, 0.25) is 5.02 Å². The molecule has 2 aromatic carbocycles. The number of amides is 2. The number of anilines is 2. The maximum absolute atomic E-state index is 12.8. The SMILES string of the molecule is CN(C)C(=O)c1ccc(Cl)cc1NS(=O)(=O)c1ccc2c(c1)NC(=O)CO2. The summed E-state index contributed by atoms with van der Waals surface area (Å²) < 4.78 is 33.2. The molecule has 0 aromatic heterocycles. The van der Waals surface area contributed by atoms with E-state index in [-0.39, 0.29) is 45.3 Å². The molecule has 1 heterocycles. The Morgan fingerprint density at radius 2 is 1.96 bits per heavy atom. The molecule has 1 aliphatic rings. The summed E-state index contributed by atoms with van der Waals surface area (Å²) in [5, 5.41) is 2.82. The minimum absolute atomic E-state index is 0.0548. The van der Waals surface area contributed by atoms with Crippen molar-refractivity contribution in [2.45, 2.75) is 4.90 Å². The summed E-state index contributed by atoms with van der Waals surface area (Å²) in [5.41, 5.74) is 0.464. The highest BCUT2D eigenvalue weighted by atomic mass is 35.5. The van der Waals surface area contributed by atoms with Gasteiger partial charge < -0.3 is 15.0 Å². The monoisotopic (exact) mass is 409 g/mol. The molecule has 2 aromatic rings. The fourth-order valence-electron chi connectivity index (χ4n) is 2.46. The van der Waals surface area contributed by atoms with Crippen molar-refractivity contribution in [3.8, 4) is 5.75 Å². The summed E-state index contributed by atoms with van der Waals surface area (Å²) in [6.45, 7) is -0.129. The largest absolute Gasteiger partial charge is 0.482 e. The van der Waals surface area contributed by atoms with Gasteiger partial charge in [0.15, 0.2) is 6.61 Å². The summed E-state index contributed by atoms with van der Waals surface area (Å²) in [6, 6.07) is 8.39. The second kappa shape index (κ2) is 7.09. The smallest absolute Gasteiger partial charge is 0.262 e.